The molecule has 0 atom stereocenters. The Morgan fingerprint density at radius 3 is 2.30 bits per heavy atom. The highest BCUT2D eigenvalue weighted by atomic mass is 35.5. The number of ether oxygens (including phenoxy) is 1. The average Bonchev–Trinajstić information content (AvgIpc) is 2.57. The van der Waals surface area contributed by atoms with Crippen LogP contribution < -0.4 is 5.32 Å². The SMILES string of the molecule is CS(=O)(=O)C1CN(Cc2ccc(NC(=O)OCc3ccc(Cl)cc3)cc2)C1. The smallest absolute Gasteiger partial charge is 0.411 e. The zero-order chi connectivity index (χ0) is 19.4. The predicted molar refractivity (Wildman–Crippen MR) is 106 cm³/mol. The molecule has 1 amide bonds. The lowest BCUT2D eigenvalue weighted by molar-refractivity contribution is 0.155. The summed E-state index contributed by atoms with van der Waals surface area (Å²) in [4.78, 5) is 14.0. The first-order chi connectivity index (χ1) is 12.8. The Kier molecular flexibility index (Phi) is 6.04. The third kappa shape index (κ3) is 5.69. The van der Waals surface area contributed by atoms with Gasteiger partial charge in [0.1, 0.15) is 6.61 Å². The van der Waals surface area contributed by atoms with Gasteiger partial charge in [-0.15, -0.1) is 0 Å². The molecule has 0 radical (unpaired) electrons. The minimum Gasteiger partial charge on any atom is -0.444 e. The van der Waals surface area contributed by atoms with Crippen LogP contribution in [0.5, 0.6) is 0 Å². The first-order valence-electron chi connectivity index (χ1n) is 8.48. The molecule has 3 rings (SSSR count). The van der Waals surface area contributed by atoms with Gasteiger partial charge in [-0.05, 0) is 35.4 Å². The maximum Gasteiger partial charge on any atom is 0.411 e. The van der Waals surface area contributed by atoms with E-state index in [2.05, 4.69) is 10.2 Å². The molecular weight excluding hydrogens is 388 g/mol. The predicted octanol–water partition coefficient (Wildman–Crippen LogP) is 3.32. The summed E-state index contributed by atoms with van der Waals surface area (Å²) in [5.74, 6) is 0. The van der Waals surface area contributed by atoms with Crippen LogP contribution in [0.4, 0.5) is 10.5 Å². The number of amides is 1. The van der Waals surface area contributed by atoms with E-state index in [0.29, 0.717) is 30.3 Å². The summed E-state index contributed by atoms with van der Waals surface area (Å²) in [6, 6.07) is 14.5. The van der Waals surface area contributed by atoms with Crippen molar-refractivity contribution in [3.63, 3.8) is 0 Å². The lowest BCUT2D eigenvalue weighted by atomic mass is 10.1. The van der Waals surface area contributed by atoms with Gasteiger partial charge in [0.2, 0.25) is 0 Å². The van der Waals surface area contributed by atoms with Crippen LogP contribution >= 0.6 is 11.6 Å². The molecular formula is C19H21ClN2O4S. The fourth-order valence-corrected chi connectivity index (χ4v) is 3.85. The van der Waals surface area contributed by atoms with E-state index in [4.69, 9.17) is 16.3 Å². The quantitative estimate of drug-likeness (QED) is 0.793. The Balaban J connectivity index is 1.43. The molecule has 0 spiro atoms. The molecule has 1 aliphatic heterocycles. The minimum absolute atomic E-state index is 0.164. The lowest BCUT2D eigenvalue weighted by Crippen LogP contribution is -2.53. The second-order valence-electron chi connectivity index (χ2n) is 6.67. The Bertz CT molecular complexity index is 892. The van der Waals surface area contributed by atoms with Gasteiger partial charge >= 0.3 is 6.09 Å². The van der Waals surface area contributed by atoms with Gasteiger partial charge in [-0.3, -0.25) is 10.2 Å². The van der Waals surface area contributed by atoms with Crippen LogP contribution in [0, 0.1) is 0 Å². The van der Waals surface area contributed by atoms with Gasteiger partial charge < -0.3 is 4.74 Å². The van der Waals surface area contributed by atoms with E-state index in [9.17, 15) is 13.2 Å². The van der Waals surface area contributed by atoms with E-state index in [1.165, 1.54) is 6.26 Å². The summed E-state index contributed by atoms with van der Waals surface area (Å²) in [6.45, 7) is 1.98. The van der Waals surface area contributed by atoms with Crippen molar-refractivity contribution < 1.29 is 17.9 Å². The first-order valence-corrected chi connectivity index (χ1v) is 10.8. The molecule has 0 bridgehead atoms. The number of hydrogen-bond acceptors (Lipinski definition) is 5. The number of benzene rings is 2. The fourth-order valence-electron chi connectivity index (χ4n) is 2.76. The van der Waals surface area contributed by atoms with E-state index in [1.54, 1.807) is 36.4 Å². The van der Waals surface area contributed by atoms with E-state index in [0.717, 1.165) is 11.1 Å². The second-order valence-corrected chi connectivity index (χ2v) is 9.43. The van der Waals surface area contributed by atoms with E-state index < -0.39 is 15.9 Å². The van der Waals surface area contributed by atoms with Crippen LogP contribution in [0.1, 0.15) is 11.1 Å². The molecule has 2 aromatic rings. The van der Waals surface area contributed by atoms with Crippen molar-refractivity contribution >= 4 is 33.2 Å². The van der Waals surface area contributed by atoms with Gasteiger partial charge in [-0.1, -0.05) is 35.9 Å². The molecule has 0 aliphatic carbocycles. The van der Waals surface area contributed by atoms with Gasteiger partial charge in [-0.2, -0.15) is 0 Å². The summed E-state index contributed by atoms with van der Waals surface area (Å²) in [5.41, 5.74) is 2.55. The number of carbonyl (C=O) groups excluding carboxylic acids is 1. The summed E-state index contributed by atoms with van der Waals surface area (Å²) >= 11 is 5.82. The Morgan fingerprint density at radius 2 is 1.70 bits per heavy atom. The third-order valence-electron chi connectivity index (χ3n) is 4.42. The van der Waals surface area contributed by atoms with Crippen molar-refractivity contribution in [2.45, 2.75) is 18.4 Å². The maximum absolute atomic E-state index is 11.9. The Labute approximate surface area is 164 Å². The Hall–Kier alpha value is -2.09. The van der Waals surface area contributed by atoms with Gasteiger partial charge in [0, 0.05) is 36.6 Å². The fraction of sp³-hybridized carbons (Fsp3) is 0.316. The molecule has 8 heteroatoms. The van der Waals surface area contributed by atoms with Crippen LogP contribution in [0.25, 0.3) is 0 Å². The molecule has 1 aliphatic rings. The number of halogens is 1. The normalized spacial score (nSPS) is 15.2. The number of carbonyl (C=O) groups is 1. The number of sulfone groups is 1. The highest BCUT2D eigenvalue weighted by Gasteiger charge is 2.34. The molecule has 144 valence electrons. The summed E-state index contributed by atoms with van der Waals surface area (Å²) in [7, 11) is -2.95. The zero-order valence-corrected chi connectivity index (χ0v) is 16.5. The first kappa shape index (κ1) is 19.7. The third-order valence-corrected chi connectivity index (χ3v) is 6.18. The molecule has 0 saturated carbocycles. The number of rotatable bonds is 6. The molecule has 2 aromatic carbocycles. The number of hydrogen-bond donors (Lipinski definition) is 1. The molecule has 1 fully saturated rings. The van der Waals surface area contributed by atoms with Gasteiger partial charge in [-0.25, -0.2) is 13.2 Å². The summed E-state index contributed by atoms with van der Waals surface area (Å²) in [6.07, 6.45) is 0.748. The van der Waals surface area contributed by atoms with Crippen LogP contribution in [-0.2, 0) is 27.7 Å². The molecule has 1 N–H and O–H groups in total. The molecule has 1 saturated heterocycles. The summed E-state index contributed by atoms with van der Waals surface area (Å²) in [5, 5.41) is 3.06. The van der Waals surface area contributed by atoms with Crippen molar-refractivity contribution in [1.82, 2.24) is 4.90 Å². The van der Waals surface area contributed by atoms with Crippen LogP contribution in [-0.4, -0.2) is 44.0 Å². The molecule has 0 unspecified atom stereocenters. The maximum atomic E-state index is 11.9. The molecule has 6 nitrogen and oxygen atoms in total. The van der Waals surface area contributed by atoms with Crippen molar-refractivity contribution in [3.05, 3.63) is 64.7 Å². The Morgan fingerprint density at radius 1 is 1.11 bits per heavy atom. The summed E-state index contributed by atoms with van der Waals surface area (Å²) < 4.78 is 28.0. The number of nitrogens with one attached hydrogen (secondary N) is 1. The van der Waals surface area contributed by atoms with E-state index in [1.807, 2.05) is 12.1 Å². The largest absolute Gasteiger partial charge is 0.444 e. The van der Waals surface area contributed by atoms with Crippen molar-refractivity contribution in [1.29, 1.82) is 0 Å². The van der Waals surface area contributed by atoms with Crippen LogP contribution in [0.15, 0.2) is 48.5 Å². The second kappa shape index (κ2) is 8.29. The molecule has 27 heavy (non-hydrogen) atoms. The standard InChI is InChI=1S/C19H21ClN2O4S/c1-27(24,25)18-11-22(12-18)10-14-4-8-17(9-5-14)21-19(23)26-13-15-2-6-16(20)7-3-15/h2-9,18H,10-13H2,1H3,(H,21,23). The number of likely N-dealkylation sites (tertiary alicyclic amines) is 1. The molecule has 0 aromatic heterocycles. The number of nitrogens with zero attached hydrogens (tertiary/aromatic N) is 1. The highest BCUT2D eigenvalue weighted by molar-refractivity contribution is 7.91. The average molecular weight is 409 g/mol. The minimum atomic E-state index is -2.95. The number of anilines is 1. The zero-order valence-electron chi connectivity index (χ0n) is 14.9. The highest BCUT2D eigenvalue weighted by Crippen LogP contribution is 2.19. The van der Waals surface area contributed by atoms with Crippen LogP contribution in [0.2, 0.25) is 5.02 Å². The van der Waals surface area contributed by atoms with E-state index in [-0.39, 0.29) is 11.9 Å². The lowest BCUT2D eigenvalue weighted by Gasteiger charge is -2.37. The van der Waals surface area contributed by atoms with Gasteiger partial charge in [0.05, 0.1) is 5.25 Å². The monoisotopic (exact) mass is 408 g/mol. The molecule has 1 heterocycles. The van der Waals surface area contributed by atoms with Gasteiger partial charge in [0.15, 0.2) is 9.84 Å². The van der Waals surface area contributed by atoms with Crippen molar-refractivity contribution in [2.24, 2.45) is 0 Å². The van der Waals surface area contributed by atoms with Crippen molar-refractivity contribution in [3.8, 4) is 0 Å². The van der Waals surface area contributed by atoms with Crippen molar-refractivity contribution in [2.75, 3.05) is 24.7 Å². The van der Waals surface area contributed by atoms with Gasteiger partial charge in [0.25, 0.3) is 0 Å². The van der Waals surface area contributed by atoms with Crippen LogP contribution in [0.3, 0.4) is 0 Å². The van der Waals surface area contributed by atoms with E-state index >= 15 is 0 Å². The topological polar surface area (TPSA) is 75.7 Å².